The third kappa shape index (κ3) is 8.30. The zero-order valence-corrected chi connectivity index (χ0v) is 23.8. The van der Waals surface area contributed by atoms with Crippen LogP contribution in [0.25, 0.3) is 10.9 Å². The number of aromatic amines is 1. The molecule has 0 saturated carbocycles. The maximum absolute atomic E-state index is 13.6. The number of para-hydroxylation sites is 1. The Morgan fingerprint density at radius 1 is 0.881 bits per heavy atom. The van der Waals surface area contributed by atoms with E-state index in [-0.39, 0.29) is 24.5 Å². The van der Waals surface area contributed by atoms with Crippen molar-refractivity contribution in [2.75, 3.05) is 0 Å². The number of carbonyl (C=O) groups is 4. The van der Waals surface area contributed by atoms with Crippen molar-refractivity contribution in [2.45, 2.75) is 70.3 Å². The molecule has 1 aromatic heterocycles. The molecule has 2 aromatic carbocycles. The maximum atomic E-state index is 13.6. The first kappa shape index (κ1) is 32.1. The highest BCUT2D eigenvalue weighted by molar-refractivity contribution is 5.94. The van der Waals surface area contributed by atoms with Crippen LogP contribution in [0, 0.1) is 5.92 Å². The third-order valence-corrected chi connectivity index (χ3v) is 7.34. The number of hydrogen-bond donors (Lipinski definition) is 8. The summed E-state index contributed by atoms with van der Waals surface area (Å²) in [6, 6.07) is 8.55. The van der Waals surface area contributed by atoms with Crippen LogP contribution in [0.15, 0.2) is 54.7 Å². The number of aromatic nitrogens is 1. The molecule has 0 saturated heterocycles. The van der Waals surface area contributed by atoms with Crippen molar-refractivity contribution in [3.8, 4) is 5.75 Å². The summed E-state index contributed by atoms with van der Waals surface area (Å²) in [4.78, 5) is 54.9. The topological polar surface area (TPSA) is 207 Å². The number of aliphatic hydroxyl groups excluding tert-OH is 1. The minimum atomic E-state index is -1.30. The summed E-state index contributed by atoms with van der Waals surface area (Å²) >= 11 is 0. The molecule has 12 nitrogen and oxygen atoms in total. The molecule has 3 rings (SSSR count). The number of phenolic OH excluding ortho intramolecular Hbond substituents is 1. The monoisotopic (exact) mass is 581 g/mol. The number of carbonyl (C=O) groups excluding carboxylic acids is 3. The molecule has 0 fully saturated rings. The molecule has 9 N–H and O–H groups in total. The Bertz CT molecular complexity index is 1390. The molecule has 0 aliphatic carbocycles. The summed E-state index contributed by atoms with van der Waals surface area (Å²) in [5.74, 6) is -3.73. The van der Waals surface area contributed by atoms with Gasteiger partial charge < -0.3 is 42.0 Å². The number of rotatable bonds is 14. The number of carboxylic acid groups (broad SMARTS) is 1. The van der Waals surface area contributed by atoms with Crippen LogP contribution in [0.4, 0.5) is 0 Å². The number of aromatic hydroxyl groups is 1. The quantitative estimate of drug-likeness (QED) is 0.137. The van der Waals surface area contributed by atoms with Crippen molar-refractivity contribution in [3.05, 3.63) is 65.9 Å². The zero-order valence-electron chi connectivity index (χ0n) is 23.8. The van der Waals surface area contributed by atoms with E-state index in [0.717, 1.165) is 10.9 Å². The van der Waals surface area contributed by atoms with Crippen molar-refractivity contribution in [1.29, 1.82) is 0 Å². The Hall–Kier alpha value is -4.42. The van der Waals surface area contributed by atoms with E-state index in [0.29, 0.717) is 17.5 Å². The summed E-state index contributed by atoms with van der Waals surface area (Å²) in [7, 11) is 0. The van der Waals surface area contributed by atoms with Crippen LogP contribution in [0.2, 0.25) is 0 Å². The number of H-pyrrole nitrogens is 1. The fourth-order valence-corrected chi connectivity index (χ4v) is 4.50. The number of carboxylic acids is 1. The lowest BCUT2D eigenvalue weighted by atomic mass is 9.96. The van der Waals surface area contributed by atoms with Gasteiger partial charge in [0.05, 0.1) is 6.10 Å². The smallest absolute Gasteiger partial charge is 0.326 e. The van der Waals surface area contributed by atoms with E-state index in [1.54, 1.807) is 25.3 Å². The SMILES string of the molecule is CCC(C)C(NC(=O)C(N)C(C)O)C(=O)NC(Cc1ccc(O)cc1)C(=O)NC(Cc1c[nH]c2ccccc12)C(=O)O. The molecule has 6 unspecified atom stereocenters. The van der Waals surface area contributed by atoms with E-state index in [1.165, 1.54) is 19.1 Å². The fourth-order valence-electron chi connectivity index (χ4n) is 4.50. The van der Waals surface area contributed by atoms with Crippen LogP contribution >= 0.6 is 0 Å². The summed E-state index contributed by atoms with van der Waals surface area (Å²) < 4.78 is 0. The van der Waals surface area contributed by atoms with E-state index in [9.17, 15) is 34.5 Å². The van der Waals surface area contributed by atoms with Crippen LogP contribution in [0.5, 0.6) is 5.75 Å². The van der Waals surface area contributed by atoms with Crippen molar-refractivity contribution in [1.82, 2.24) is 20.9 Å². The fraction of sp³-hybridized carbons (Fsp3) is 0.400. The van der Waals surface area contributed by atoms with Crippen LogP contribution in [0.1, 0.15) is 38.3 Å². The van der Waals surface area contributed by atoms with Crippen LogP contribution in [-0.4, -0.2) is 74.3 Å². The van der Waals surface area contributed by atoms with Gasteiger partial charge in [0.15, 0.2) is 0 Å². The highest BCUT2D eigenvalue weighted by Crippen LogP contribution is 2.20. The summed E-state index contributed by atoms with van der Waals surface area (Å²) in [5, 5.41) is 38.0. The van der Waals surface area contributed by atoms with Gasteiger partial charge in [-0.25, -0.2) is 4.79 Å². The van der Waals surface area contributed by atoms with Gasteiger partial charge in [-0.1, -0.05) is 50.6 Å². The van der Waals surface area contributed by atoms with Crippen molar-refractivity contribution in [3.63, 3.8) is 0 Å². The van der Waals surface area contributed by atoms with Gasteiger partial charge in [0, 0.05) is 29.9 Å². The molecule has 0 aliphatic heterocycles. The second-order valence-electron chi connectivity index (χ2n) is 10.5. The Morgan fingerprint density at radius 2 is 1.52 bits per heavy atom. The van der Waals surface area contributed by atoms with Gasteiger partial charge in [-0.05, 0) is 42.2 Å². The van der Waals surface area contributed by atoms with Gasteiger partial charge in [0.2, 0.25) is 17.7 Å². The number of amides is 3. The number of hydrogen-bond acceptors (Lipinski definition) is 7. The van der Waals surface area contributed by atoms with E-state index in [4.69, 9.17) is 5.73 Å². The number of nitrogens with one attached hydrogen (secondary N) is 4. The number of nitrogens with two attached hydrogens (primary N) is 1. The average Bonchev–Trinajstić information content (AvgIpc) is 3.37. The van der Waals surface area contributed by atoms with Gasteiger partial charge in [-0.3, -0.25) is 14.4 Å². The normalized spacial score (nSPS) is 15.5. The first-order valence-electron chi connectivity index (χ1n) is 13.8. The summed E-state index contributed by atoms with van der Waals surface area (Å²) in [6.07, 6.45) is 1.02. The first-order chi connectivity index (χ1) is 19.9. The van der Waals surface area contributed by atoms with Crippen LogP contribution in [0.3, 0.4) is 0 Å². The Labute approximate surface area is 243 Å². The molecule has 0 spiro atoms. The molecule has 3 aromatic rings. The molecule has 0 aliphatic rings. The number of aliphatic carboxylic acids is 1. The number of aliphatic hydroxyl groups is 1. The lowest BCUT2D eigenvalue weighted by Crippen LogP contribution is -2.60. The molecule has 12 heteroatoms. The van der Waals surface area contributed by atoms with Crippen LogP contribution in [-0.2, 0) is 32.0 Å². The largest absolute Gasteiger partial charge is 0.508 e. The minimum absolute atomic E-state index is 0.00620. The molecule has 42 heavy (non-hydrogen) atoms. The van der Waals surface area contributed by atoms with E-state index in [2.05, 4.69) is 20.9 Å². The lowest BCUT2D eigenvalue weighted by Gasteiger charge is -2.28. The highest BCUT2D eigenvalue weighted by atomic mass is 16.4. The first-order valence-corrected chi connectivity index (χ1v) is 13.8. The van der Waals surface area contributed by atoms with E-state index >= 15 is 0 Å². The number of fused-ring (bicyclic) bond motifs is 1. The molecule has 1 heterocycles. The molecular formula is C30H39N5O7. The van der Waals surface area contributed by atoms with Gasteiger partial charge in [-0.2, -0.15) is 0 Å². The molecule has 6 atom stereocenters. The second kappa shape index (κ2) is 14.5. The van der Waals surface area contributed by atoms with Gasteiger partial charge >= 0.3 is 5.97 Å². The molecule has 0 bridgehead atoms. The Kier molecular flexibility index (Phi) is 11.1. The third-order valence-electron chi connectivity index (χ3n) is 7.34. The Morgan fingerprint density at radius 3 is 2.14 bits per heavy atom. The minimum Gasteiger partial charge on any atom is -0.508 e. The molecular weight excluding hydrogens is 542 g/mol. The van der Waals surface area contributed by atoms with E-state index in [1.807, 2.05) is 31.2 Å². The predicted octanol–water partition coefficient (Wildman–Crippen LogP) is 0.952. The average molecular weight is 582 g/mol. The van der Waals surface area contributed by atoms with Crippen molar-refractivity contribution < 1.29 is 34.5 Å². The van der Waals surface area contributed by atoms with Crippen LogP contribution < -0.4 is 21.7 Å². The van der Waals surface area contributed by atoms with E-state index < -0.39 is 54.0 Å². The molecule has 226 valence electrons. The maximum Gasteiger partial charge on any atom is 0.326 e. The number of phenols is 1. The molecule has 0 radical (unpaired) electrons. The molecule has 3 amide bonds. The highest BCUT2D eigenvalue weighted by Gasteiger charge is 2.33. The number of benzene rings is 2. The van der Waals surface area contributed by atoms with Crippen molar-refractivity contribution >= 4 is 34.6 Å². The lowest BCUT2D eigenvalue weighted by molar-refractivity contribution is -0.142. The van der Waals surface area contributed by atoms with Gasteiger partial charge in [0.1, 0.15) is 29.9 Å². The van der Waals surface area contributed by atoms with Crippen molar-refractivity contribution in [2.24, 2.45) is 11.7 Å². The predicted molar refractivity (Wildman–Crippen MR) is 156 cm³/mol. The zero-order chi connectivity index (χ0) is 31.0. The Balaban J connectivity index is 1.85. The standard InChI is InChI=1S/C30H39N5O7/c1-4-16(2)26(35-28(39)25(31)17(3)36)29(40)33-23(13-18-9-11-20(37)12-10-18)27(38)34-24(30(41)42)14-19-15-32-22-8-6-5-7-21(19)22/h5-12,15-17,23-26,32,36-37H,4,13-14,31H2,1-3H3,(H,33,40)(H,34,38)(H,35,39)(H,41,42). The second-order valence-corrected chi connectivity index (χ2v) is 10.5. The summed E-state index contributed by atoms with van der Waals surface area (Å²) in [5.41, 5.74) is 7.87. The summed E-state index contributed by atoms with van der Waals surface area (Å²) in [6.45, 7) is 4.93. The van der Waals surface area contributed by atoms with Gasteiger partial charge in [-0.15, -0.1) is 0 Å². The van der Waals surface area contributed by atoms with Gasteiger partial charge in [0.25, 0.3) is 0 Å².